The van der Waals surface area contributed by atoms with E-state index in [0.29, 0.717) is 0 Å². The Morgan fingerprint density at radius 2 is 1.63 bits per heavy atom. The van der Waals surface area contributed by atoms with Gasteiger partial charge in [-0.05, 0) is 12.1 Å². The summed E-state index contributed by atoms with van der Waals surface area (Å²) in [5.41, 5.74) is 1.30. The fourth-order valence-electron chi connectivity index (χ4n) is 4.23. The van der Waals surface area contributed by atoms with Crippen LogP contribution in [0.2, 0.25) is 0 Å². The second-order valence-electron chi connectivity index (χ2n) is 7.93. The number of hydrogen-bond donors (Lipinski definition) is 1. The third kappa shape index (κ3) is 3.79. The van der Waals surface area contributed by atoms with Gasteiger partial charge in [0, 0.05) is 18.6 Å². The van der Waals surface area contributed by atoms with Gasteiger partial charge in [-0.2, -0.15) is 5.10 Å². The molecule has 0 aromatic heterocycles. The number of carbonyl (C=O) groups excluding carboxylic acids is 3. The molecule has 2 bridgehead atoms. The molecule has 0 aliphatic carbocycles. The number of nitrogens with zero attached hydrogens (tertiary/aromatic N) is 4. The summed E-state index contributed by atoms with van der Waals surface area (Å²) in [4.78, 5) is 59.9. The van der Waals surface area contributed by atoms with Gasteiger partial charge < -0.3 is 9.47 Å². The lowest BCUT2D eigenvalue weighted by atomic mass is 10.0. The molecule has 3 amide bonds. The fourth-order valence-corrected chi connectivity index (χ4v) is 4.23. The maximum absolute atomic E-state index is 12.9. The summed E-state index contributed by atoms with van der Waals surface area (Å²) in [6, 6.07) is 8.17. The summed E-state index contributed by atoms with van der Waals surface area (Å²) in [6.45, 7) is 0.0901. The molecule has 2 fully saturated rings. The number of hydrogen-bond acceptors (Lipinski definition) is 10. The first-order chi connectivity index (χ1) is 16.7. The Morgan fingerprint density at radius 3 is 2.20 bits per heavy atom. The molecule has 0 spiro atoms. The van der Waals surface area contributed by atoms with Gasteiger partial charge in [0.2, 0.25) is 0 Å². The van der Waals surface area contributed by atoms with Crippen LogP contribution in [-0.4, -0.2) is 63.2 Å². The minimum atomic E-state index is -0.943. The van der Waals surface area contributed by atoms with Crippen LogP contribution in [0.1, 0.15) is 37.5 Å². The monoisotopic (exact) mass is 481 g/mol. The van der Waals surface area contributed by atoms with E-state index in [4.69, 9.17) is 9.47 Å². The van der Waals surface area contributed by atoms with Gasteiger partial charge in [0.1, 0.15) is 6.10 Å². The molecule has 1 N–H and O–H groups in total. The minimum absolute atomic E-state index is 0.0518. The van der Waals surface area contributed by atoms with Crippen molar-refractivity contribution in [2.45, 2.75) is 24.9 Å². The van der Waals surface area contributed by atoms with Crippen molar-refractivity contribution in [1.82, 2.24) is 10.3 Å². The molecule has 0 radical (unpaired) electrons. The Labute approximate surface area is 195 Å². The maximum Gasteiger partial charge on any atom is 0.277 e. The molecule has 3 aliphatic rings. The van der Waals surface area contributed by atoms with Gasteiger partial charge in [-0.3, -0.25) is 39.5 Å². The van der Waals surface area contributed by atoms with E-state index in [0.717, 1.165) is 23.1 Å². The van der Waals surface area contributed by atoms with Crippen LogP contribution in [0.4, 0.5) is 11.4 Å². The highest BCUT2D eigenvalue weighted by atomic mass is 16.7. The highest BCUT2D eigenvalue weighted by molar-refractivity contribution is 6.21. The fraction of sp³-hybridized carbons (Fsp3) is 0.238. The van der Waals surface area contributed by atoms with Gasteiger partial charge in [0.15, 0.2) is 6.29 Å². The van der Waals surface area contributed by atoms with Crippen LogP contribution in [0.25, 0.3) is 0 Å². The van der Waals surface area contributed by atoms with Gasteiger partial charge in [-0.1, -0.05) is 12.1 Å². The summed E-state index contributed by atoms with van der Waals surface area (Å²) in [7, 11) is 0. The smallest absolute Gasteiger partial charge is 0.277 e. The zero-order valence-electron chi connectivity index (χ0n) is 17.7. The van der Waals surface area contributed by atoms with Crippen molar-refractivity contribution >= 4 is 34.8 Å². The Balaban J connectivity index is 1.38. The van der Waals surface area contributed by atoms with E-state index in [1.165, 1.54) is 0 Å². The largest absolute Gasteiger partial charge is 0.344 e. The molecule has 3 atom stereocenters. The molecule has 14 heteroatoms. The van der Waals surface area contributed by atoms with Gasteiger partial charge >= 0.3 is 0 Å². The predicted octanol–water partition coefficient (Wildman–Crippen LogP) is 1.40. The van der Waals surface area contributed by atoms with Crippen molar-refractivity contribution < 1.29 is 33.7 Å². The quantitative estimate of drug-likeness (QED) is 0.374. The van der Waals surface area contributed by atoms with Crippen LogP contribution in [0.15, 0.2) is 47.6 Å². The highest BCUT2D eigenvalue weighted by Crippen LogP contribution is 2.34. The van der Waals surface area contributed by atoms with Crippen molar-refractivity contribution in [3.8, 4) is 0 Å². The average molecular weight is 481 g/mol. The van der Waals surface area contributed by atoms with Crippen molar-refractivity contribution in [1.29, 1.82) is 0 Å². The van der Waals surface area contributed by atoms with Gasteiger partial charge in [0.25, 0.3) is 29.1 Å². The van der Waals surface area contributed by atoms with E-state index in [-0.39, 0.29) is 35.4 Å². The number of nitrogens with one attached hydrogen (secondary N) is 1. The number of benzene rings is 2. The maximum atomic E-state index is 12.9. The Morgan fingerprint density at radius 1 is 1.03 bits per heavy atom. The number of hydrazone groups is 1. The third-order valence-electron chi connectivity index (χ3n) is 5.87. The normalized spacial score (nSPS) is 23.9. The Hall–Kier alpha value is -4.56. The molecule has 0 unspecified atom stereocenters. The van der Waals surface area contributed by atoms with Crippen molar-refractivity contribution in [2.75, 3.05) is 6.61 Å². The molecule has 0 saturated carbocycles. The van der Waals surface area contributed by atoms with Crippen LogP contribution >= 0.6 is 0 Å². The predicted molar refractivity (Wildman–Crippen MR) is 115 cm³/mol. The molecular weight excluding hydrogens is 466 g/mol. The lowest BCUT2D eigenvalue weighted by Crippen LogP contribution is -2.52. The van der Waals surface area contributed by atoms with Crippen LogP contribution < -0.4 is 5.43 Å². The summed E-state index contributed by atoms with van der Waals surface area (Å²) >= 11 is 0. The highest BCUT2D eigenvalue weighted by Gasteiger charge is 2.50. The zero-order valence-corrected chi connectivity index (χ0v) is 17.7. The van der Waals surface area contributed by atoms with E-state index >= 15 is 0 Å². The molecular formula is C21H15N5O9. The number of carbonyl (C=O) groups is 3. The average Bonchev–Trinajstić information content (AvgIpc) is 3.38. The molecule has 5 rings (SSSR count). The van der Waals surface area contributed by atoms with Crippen LogP contribution in [0.5, 0.6) is 0 Å². The number of non-ortho nitro benzene ring substituents is 2. The number of imide groups is 1. The van der Waals surface area contributed by atoms with Gasteiger partial charge in [-0.15, -0.1) is 0 Å². The van der Waals surface area contributed by atoms with Gasteiger partial charge in [0.05, 0.1) is 51.0 Å². The lowest BCUT2D eigenvalue weighted by molar-refractivity contribution is -0.394. The number of ether oxygens (including phenoxy) is 2. The van der Waals surface area contributed by atoms with E-state index in [1.54, 1.807) is 24.3 Å². The molecule has 178 valence electrons. The first kappa shape index (κ1) is 22.2. The number of nitro groups is 2. The molecule has 2 aromatic rings. The SMILES string of the molecule is O=C(N/N=C1\C[C@H](N2C(=O)c3ccccc3C2=O)[C@@H]2CO[C@@H]1O2)c1cc([N+](=O)[O-])cc([N+](=O)[O-])c1. The molecule has 14 nitrogen and oxygen atoms in total. The van der Waals surface area contributed by atoms with Crippen LogP contribution in [-0.2, 0) is 9.47 Å². The van der Waals surface area contributed by atoms with Crippen molar-refractivity contribution in [3.63, 3.8) is 0 Å². The molecule has 2 aromatic carbocycles. The third-order valence-corrected chi connectivity index (χ3v) is 5.87. The summed E-state index contributed by atoms with van der Waals surface area (Å²) < 4.78 is 11.3. The Kier molecular flexibility index (Phi) is 5.30. The molecule has 3 aliphatic heterocycles. The van der Waals surface area contributed by atoms with Crippen LogP contribution in [0, 0.1) is 20.2 Å². The minimum Gasteiger partial charge on any atom is -0.344 e. The van der Waals surface area contributed by atoms with E-state index < -0.39 is 57.4 Å². The molecule has 3 heterocycles. The lowest BCUT2D eigenvalue weighted by Gasteiger charge is -2.33. The van der Waals surface area contributed by atoms with E-state index in [9.17, 15) is 34.6 Å². The molecule has 35 heavy (non-hydrogen) atoms. The van der Waals surface area contributed by atoms with Gasteiger partial charge in [-0.25, -0.2) is 5.43 Å². The number of rotatable bonds is 5. The first-order valence-electron chi connectivity index (χ1n) is 10.3. The van der Waals surface area contributed by atoms with Crippen molar-refractivity contribution in [2.24, 2.45) is 5.10 Å². The second kappa shape index (κ2) is 8.34. The first-order valence-corrected chi connectivity index (χ1v) is 10.3. The standard InChI is InChI=1S/C21H15N5O9/c27-18(10-5-11(25(30)31)7-12(6-10)26(32)33)23-22-15-8-16(17-9-34-21(15)35-17)24-19(28)13-3-1-2-4-14(13)20(24)29/h1-7,16-17,21H,8-9H2,(H,23,27)/b22-15+/t16-,17-,21+/m0/s1. The summed E-state index contributed by atoms with van der Waals surface area (Å²) in [5.74, 6) is -1.89. The Bertz CT molecular complexity index is 1270. The van der Waals surface area contributed by atoms with E-state index in [1.807, 2.05) is 0 Å². The number of amides is 3. The number of fused-ring (bicyclic) bond motifs is 3. The van der Waals surface area contributed by atoms with E-state index in [2.05, 4.69) is 10.5 Å². The van der Waals surface area contributed by atoms with Crippen LogP contribution in [0.3, 0.4) is 0 Å². The second-order valence-corrected chi connectivity index (χ2v) is 7.93. The van der Waals surface area contributed by atoms with Crippen molar-refractivity contribution in [3.05, 3.63) is 79.4 Å². The number of nitro benzene ring substituents is 2. The molecule has 2 saturated heterocycles. The summed E-state index contributed by atoms with van der Waals surface area (Å²) in [5, 5.41) is 26.1. The topological polar surface area (TPSA) is 184 Å². The zero-order chi connectivity index (χ0) is 24.9. The summed E-state index contributed by atoms with van der Waals surface area (Å²) in [6.07, 6.45) is -1.46.